The van der Waals surface area contributed by atoms with Crippen molar-refractivity contribution in [2.45, 2.75) is 34.1 Å². The minimum Gasteiger partial charge on any atom is -0.301 e. The molecule has 0 saturated carbocycles. The summed E-state index contributed by atoms with van der Waals surface area (Å²) in [5.41, 5.74) is 0. The van der Waals surface area contributed by atoms with E-state index in [1.165, 1.54) is 45.7 Å². The normalized spacial score (nSPS) is 19.4. The van der Waals surface area contributed by atoms with E-state index >= 15 is 0 Å². The molecule has 0 atom stereocenters. The first-order valence-corrected chi connectivity index (χ1v) is 5.81. The summed E-state index contributed by atoms with van der Waals surface area (Å²) < 4.78 is 0. The smallest absolute Gasteiger partial charge is 0.0110 e. The molecule has 13 heavy (non-hydrogen) atoms. The summed E-state index contributed by atoms with van der Waals surface area (Å²) in [6.07, 6.45) is 1.30. The molecule has 1 saturated heterocycles. The van der Waals surface area contributed by atoms with Crippen molar-refractivity contribution >= 4 is 0 Å². The highest BCUT2D eigenvalue weighted by Crippen LogP contribution is 2.00. The summed E-state index contributed by atoms with van der Waals surface area (Å²) in [6, 6.07) is 0. The second-order valence-corrected chi connectivity index (χ2v) is 3.28. The summed E-state index contributed by atoms with van der Waals surface area (Å²) in [4.78, 5) is 5.08. The Kier molecular flexibility index (Phi) is 8.46. The highest BCUT2D eigenvalue weighted by atomic mass is 15.3. The molecule has 1 rings (SSSR count). The van der Waals surface area contributed by atoms with Crippen LogP contribution in [0.15, 0.2) is 0 Å². The van der Waals surface area contributed by atoms with Crippen molar-refractivity contribution in [3.8, 4) is 0 Å². The first kappa shape index (κ1) is 12.9. The standard InChI is InChI=1S/C9H20N2.C2H6/c1-3-5-11-8-6-10(4-2)7-9-11;1-2/h3-9H2,1-2H3;1-2H3. The zero-order valence-electron chi connectivity index (χ0n) is 9.84. The Labute approximate surface area is 83.9 Å². The molecule has 1 fully saturated rings. The summed E-state index contributed by atoms with van der Waals surface area (Å²) in [5.74, 6) is 0. The Hall–Kier alpha value is -0.0800. The van der Waals surface area contributed by atoms with Crippen molar-refractivity contribution in [2.24, 2.45) is 0 Å². The van der Waals surface area contributed by atoms with E-state index in [2.05, 4.69) is 23.6 Å². The molecule has 0 spiro atoms. The van der Waals surface area contributed by atoms with Crippen LogP contribution in [0.4, 0.5) is 0 Å². The van der Waals surface area contributed by atoms with E-state index in [9.17, 15) is 0 Å². The Bertz CT molecular complexity index is 96.3. The molecule has 1 aliphatic heterocycles. The number of nitrogens with zero attached hydrogens (tertiary/aromatic N) is 2. The van der Waals surface area contributed by atoms with Crippen LogP contribution in [-0.2, 0) is 0 Å². The third-order valence-corrected chi connectivity index (χ3v) is 2.45. The van der Waals surface area contributed by atoms with Crippen LogP contribution >= 0.6 is 0 Å². The fourth-order valence-electron chi connectivity index (χ4n) is 1.65. The second-order valence-electron chi connectivity index (χ2n) is 3.28. The molecular weight excluding hydrogens is 160 g/mol. The molecule has 80 valence electrons. The molecule has 0 unspecified atom stereocenters. The molecule has 1 aliphatic rings. The van der Waals surface area contributed by atoms with Crippen LogP contribution in [0.5, 0.6) is 0 Å². The van der Waals surface area contributed by atoms with Crippen LogP contribution in [-0.4, -0.2) is 49.1 Å². The van der Waals surface area contributed by atoms with Crippen molar-refractivity contribution in [3.05, 3.63) is 0 Å². The fourth-order valence-corrected chi connectivity index (χ4v) is 1.65. The lowest BCUT2D eigenvalue weighted by molar-refractivity contribution is 0.137. The third-order valence-electron chi connectivity index (χ3n) is 2.45. The summed E-state index contributed by atoms with van der Waals surface area (Å²) >= 11 is 0. The van der Waals surface area contributed by atoms with Gasteiger partial charge in [-0.15, -0.1) is 0 Å². The lowest BCUT2D eigenvalue weighted by atomic mass is 10.3. The molecule has 2 nitrogen and oxygen atoms in total. The van der Waals surface area contributed by atoms with Crippen LogP contribution in [0.2, 0.25) is 0 Å². The fraction of sp³-hybridized carbons (Fsp3) is 1.00. The topological polar surface area (TPSA) is 6.48 Å². The van der Waals surface area contributed by atoms with Gasteiger partial charge in [0.25, 0.3) is 0 Å². The van der Waals surface area contributed by atoms with Gasteiger partial charge in [-0.2, -0.15) is 0 Å². The van der Waals surface area contributed by atoms with Crippen molar-refractivity contribution in [1.82, 2.24) is 9.80 Å². The number of hydrogen-bond acceptors (Lipinski definition) is 2. The van der Waals surface area contributed by atoms with Crippen molar-refractivity contribution < 1.29 is 0 Å². The summed E-state index contributed by atoms with van der Waals surface area (Å²) in [6.45, 7) is 16.1. The van der Waals surface area contributed by atoms with Crippen LogP contribution in [0.3, 0.4) is 0 Å². The average Bonchev–Trinajstić information content (AvgIpc) is 2.23. The highest BCUT2D eigenvalue weighted by Gasteiger charge is 2.13. The zero-order valence-corrected chi connectivity index (χ0v) is 9.84. The largest absolute Gasteiger partial charge is 0.301 e. The Morgan fingerprint density at radius 2 is 1.31 bits per heavy atom. The monoisotopic (exact) mass is 186 g/mol. The SMILES string of the molecule is CC.CCCN1CCN(CC)CC1. The minimum atomic E-state index is 1.22. The van der Waals surface area contributed by atoms with E-state index in [-0.39, 0.29) is 0 Å². The molecule has 2 heteroatoms. The van der Waals surface area contributed by atoms with Crippen LogP contribution in [0.25, 0.3) is 0 Å². The average molecular weight is 186 g/mol. The second kappa shape index (κ2) is 8.52. The van der Waals surface area contributed by atoms with Gasteiger partial charge in [0, 0.05) is 26.2 Å². The molecule has 0 amide bonds. The predicted molar refractivity (Wildman–Crippen MR) is 60.2 cm³/mol. The van der Waals surface area contributed by atoms with E-state index in [4.69, 9.17) is 0 Å². The molecule has 0 radical (unpaired) electrons. The van der Waals surface area contributed by atoms with Crippen LogP contribution in [0.1, 0.15) is 34.1 Å². The molecule has 0 aromatic carbocycles. The van der Waals surface area contributed by atoms with Gasteiger partial charge in [0.15, 0.2) is 0 Å². The van der Waals surface area contributed by atoms with Crippen LogP contribution in [0, 0.1) is 0 Å². The van der Waals surface area contributed by atoms with E-state index in [0.717, 1.165) is 0 Å². The Morgan fingerprint density at radius 3 is 1.69 bits per heavy atom. The van der Waals surface area contributed by atoms with Crippen molar-refractivity contribution in [2.75, 3.05) is 39.3 Å². The van der Waals surface area contributed by atoms with Crippen molar-refractivity contribution in [3.63, 3.8) is 0 Å². The molecule has 0 N–H and O–H groups in total. The molecule has 0 aromatic rings. The Morgan fingerprint density at radius 1 is 0.846 bits per heavy atom. The number of hydrogen-bond donors (Lipinski definition) is 0. The van der Waals surface area contributed by atoms with Gasteiger partial charge >= 0.3 is 0 Å². The van der Waals surface area contributed by atoms with Crippen molar-refractivity contribution in [1.29, 1.82) is 0 Å². The lowest BCUT2D eigenvalue weighted by Crippen LogP contribution is -2.46. The zero-order chi connectivity index (χ0) is 10.1. The van der Waals surface area contributed by atoms with E-state index in [1.807, 2.05) is 13.8 Å². The molecule has 0 aliphatic carbocycles. The van der Waals surface area contributed by atoms with E-state index in [0.29, 0.717) is 0 Å². The van der Waals surface area contributed by atoms with Gasteiger partial charge in [-0.3, -0.25) is 0 Å². The van der Waals surface area contributed by atoms with Gasteiger partial charge in [-0.25, -0.2) is 0 Å². The maximum atomic E-state index is 2.56. The number of piperazine rings is 1. The first-order chi connectivity index (χ1) is 6.36. The summed E-state index contributed by atoms with van der Waals surface area (Å²) in [5, 5.41) is 0. The maximum Gasteiger partial charge on any atom is 0.0110 e. The van der Waals surface area contributed by atoms with E-state index < -0.39 is 0 Å². The first-order valence-electron chi connectivity index (χ1n) is 5.81. The van der Waals surface area contributed by atoms with Gasteiger partial charge < -0.3 is 9.80 Å². The highest BCUT2D eigenvalue weighted by molar-refractivity contribution is 4.69. The molecule has 1 heterocycles. The molecule has 0 aromatic heterocycles. The minimum absolute atomic E-state index is 1.22. The van der Waals surface area contributed by atoms with Gasteiger partial charge in [0.1, 0.15) is 0 Å². The third kappa shape index (κ3) is 5.27. The van der Waals surface area contributed by atoms with Crippen LogP contribution < -0.4 is 0 Å². The van der Waals surface area contributed by atoms with Gasteiger partial charge in [0.2, 0.25) is 0 Å². The van der Waals surface area contributed by atoms with Gasteiger partial charge in [0.05, 0.1) is 0 Å². The Balaban J connectivity index is 0.000000671. The number of likely N-dealkylation sites (N-methyl/N-ethyl adjacent to an activating group) is 1. The maximum absolute atomic E-state index is 2.56. The van der Waals surface area contributed by atoms with E-state index in [1.54, 1.807) is 0 Å². The predicted octanol–water partition coefficient (Wildman–Crippen LogP) is 2.06. The number of rotatable bonds is 3. The molecular formula is C11H26N2. The van der Waals surface area contributed by atoms with Gasteiger partial charge in [-0.05, 0) is 19.5 Å². The van der Waals surface area contributed by atoms with Gasteiger partial charge in [-0.1, -0.05) is 27.7 Å². The molecule has 0 bridgehead atoms. The lowest BCUT2D eigenvalue weighted by Gasteiger charge is -2.33. The summed E-state index contributed by atoms with van der Waals surface area (Å²) in [7, 11) is 0. The quantitative estimate of drug-likeness (QED) is 0.665.